The summed E-state index contributed by atoms with van der Waals surface area (Å²) in [4.78, 5) is 16.7. The highest BCUT2D eigenvalue weighted by atomic mass is 19.1. The summed E-state index contributed by atoms with van der Waals surface area (Å²) in [7, 11) is 1.88. The highest BCUT2D eigenvalue weighted by Crippen LogP contribution is 2.51. The van der Waals surface area contributed by atoms with Gasteiger partial charge < -0.3 is 9.80 Å². The first-order valence-corrected chi connectivity index (χ1v) is 9.40. The van der Waals surface area contributed by atoms with Gasteiger partial charge in [0.15, 0.2) is 0 Å². The molecular formula is C22H25FN2O. The minimum absolute atomic E-state index is 0.0805. The van der Waals surface area contributed by atoms with Crippen LogP contribution in [0.15, 0.2) is 54.6 Å². The molecule has 1 aliphatic heterocycles. The molecule has 136 valence electrons. The molecule has 2 aliphatic rings. The molecule has 1 aliphatic carbocycles. The zero-order chi connectivity index (χ0) is 18.1. The molecule has 2 aromatic rings. The first-order valence-electron chi connectivity index (χ1n) is 9.40. The van der Waals surface area contributed by atoms with E-state index in [2.05, 4.69) is 4.90 Å². The molecule has 0 radical (unpaired) electrons. The van der Waals surface area contributed by atoms with Crippen molar-refractivity contribution in [2.75, 3.05) is 33.2 Å². The highest BCUT2D eigenvalue weighted by molar-refractivity contribution is 5.93. The minimum Gasteiger partial charge on any atom is -0.340 e. The van der Waals surface area contributed by atoms with Crippen molar-refractivity contribution in [2.45, 2.75) is 12.3 Å². The van der Waals surface area contributed by atoms with E-state index in [9.17, 15) is 9.18 Å². The van der Waals surface area contributed by atoms with Gasteiger partial charge in [0.2, 0.25) is 0 Å². The van der Waals surface area contributed by atoms with E-state index in [1.54, 1.807) is 12.1 Å². The monoisotopic (exact) mass is 352 g/mol. The Bertz CT molecular complexity index is 761. The summed E-state index contributed by atoms with van der Waals surface area (Å²) >= 11 is 0. The van der Waals surface area contributed by atoms with Crippen LogP contribution in [-0.2, 0) is 0 Å². The maximum Gasteiger partial charge on any atom is 0.253 e. The molecule has 3 unspecified atom stereocenters. The van der Waals surface area contributed by atoms with Gasteiger partial charge in [-0.3, -0.25) is 4.79 Å². The van der Waals surface area contributed by atoms with Gasteiger partial charge in [0.05, 0.1) is 0 Å². The summed E-state index contributed by atoms with van der Waals surface area (Å²) in [5.41, 5.74) is 2.01. The average Bonchev–Trinajstić information content (AvgIpc) is 2.98. The molecule has 1 amide bonds. The van der Waals surface area contributed by atoms with Gasteiger partial charge in [0, 0.05) is 38.8 Å². The lowest BCUT2D eigenvalue weighted by Crippen LogP contribution is -2.35. The minimum atomic E-state index is -0.163. The lowest BCUT2D eigenvalue weighted by molar-refractivity contribution is 0.0781. The lowest BCUT2D eigenvalue weighted by atomic mass is 9.64. The number of fused-ring (bicyclic) bond motifs is 1. The molecule has 0 spiro atoms. The third kappa shape index (κ3) is 3.38. The number of hydrogen-bond donors (Lipinski definition) is 0. The Morgan fingerprint density at radius 1 is 1.12 bits per heavy atom. The van der Waals surface area contributed by atoms with E-state index in [1.807, 2.05) is 54.4 Å². The van der Waals surface area contributed by atoms with Crippen molar-refractivity contribution in [3.8, 4) is 0 Å². The van der Waals surface area contributed by atoms with Gasteiger partial charge in [-0.15, -0.1) is 0 Å². The van der Waals surface area contributed by atoms with E-state index in [0.717, 1.165) is 37.7 Å². The van der Waals surface area contributed by atoms with Crippen molar-refractivity contribution in [1.29, 1.82) is 0 Å². The molecule has 0 bridgehead atoms. The fraction of sp³-hybridized carbons (Fsp3) is 0.409. The molecule has 0 aromatic heterocycles. The van der Waals surface area contributed by atoms with E-state index in [0.29, 0.717) is 11.8 Å². The van der Waals surface area contributed by atoms with Crippen LogP contribution in [-0.4, -0.2) is 48.9 Å². The van der Waals surface area contributed by atoms with Crippen LogP contribution >= 0.6 is 0 Å². The zero-order valence-electron chi connectivity index (χ0n) is 15.1. The highest BCUT2D eigenvalue weighted by Gasteiger charge is 2.47. The van der Waals surface area contributed by atoms with Crippen molar-refractivity contribution < 1.29 is 9.18 Å². The van der Waals surface area contributed by atoms with Gasteiger partial charge in [0.1, 0.15) is 5.82 Å². The van der Waals surface area contributed by atoms with Gasteiger partial charge in [-0.25, -0.2) is 4.39 Å². The second-order valence-corrected chi connectivity index (χ2v) is 7.67. The normalized spacial score (nSPS) is 24.8. The third-order valence-electron chi connectivity index (χ3n) is 6.06. The van der Waals surface area contributed by atoms with Crippen LogP contribution in [0.1, 0.15) is 28.3 Å². The van der Waals surface area contributed by atoms with Crippen molar-refractivity contribution >= 4 is 5.91 Å². The van der Waals surface area contributed by atoms with E-state index >= 15 is 0 Å². The molecule has 4 heteroatoms. The van der Waals surface area contributed by atoms with Crippen molar-refractivity contribution in [3.63, 3.8) is 0 Å². The van der Waals surface area contributed by atoms with Crippen LogP contribution in [0.5, 0.6) is 0 Å². The van der Waals surface area contributed by atoms with E-state index in [-0.39, 0.29) is 11.7 Å². The molecular weight excluding hydrogens is 327 g/mol. The van der Waals surface area contributed by atoms with Gasteiger partial charge >= 0.3 is 0 Å². The van der Waals surface area contributed by atoms with Crippen LogP contribution in [0.3, 0.4) is 0 Å². The maximum atomic E-state index is 13.1. The Hall–Kier alpha value is -2.20. The van der Waals surface area contributed by atoms with E-state index in [1.165, 1.54) is 12.0 Å². The fourth-order valence-corrected chi connectivity index (χ4v) is 4.47. The number of benzene rings is 2. The molecule has 3 nitrogen and oxygen atoms in total. The predicted octanol–water partition coefficient (Wildman–Crippen LogP) is 3.63. The Morgan fingerprint density at radius 3 is 2.58 bits per heavy atom. The van der Waals surface area contributed by atoms with Crippen LogP contribution in [0, 0.1) is 17.7 Å². The second kappa shape index (κ2) is 7.20. The number of rotatable bonds is 5. The van der Waals surface area contributed by atoms with Crippen molar-refractivity contribution in [1.82, 2.24) is 9.80 Å². The van der Waals surface area contributed by atoms with Gasteiger partial charge in [0.25, 0.3) is 5.91 Å². The predicted molar refractivity (Wildman–Crippen MR) is 101 cm³/mol. The smallest absolute Gasteiger partial charge is 0.253 e. The summed E-state index contributed by atoms with van der Waals surface area (Å²) in [6, 6.07) is 16.5. The number of likely N-dealkylation sites (N-methyl/N-ethyl adjacent to an activating group) is 1. The Kier molecular flexibility index (Phi) is 4.77. The second-order valence-electron chi connectivity index (χ2n) is 7.67. The summed E-state index contributed by atoms with van der Waals surface area (Å²) in [6.45, 7) is 3.86. The molecule has 26 heavy (non-hydrogen) atoms. The molecule has 4 rings (SSSR count). The standard InChI is InChI=1S/C22H25FN2O/c1-24(22(26)17-5-3-2-4-6-17)11-12-25-14-18-13-20(21(18)15-25)16-7-9-19(23)10-8-16/h2-10,18,20-21H,11-15H2,1H3. The molecule has 3 atom stereocenters. The molecule has 0 N–H and O–H groups in total. The topological polar surface area (TPSA) is 23.6 Å². The number of amides is 1. The van der Waals surface area contributed by atoms with Crippen LogP contribution in [0.2, 0.25) is 0 Å². The largest absolute Gasteiger partial charge is 0.340 e. The summed E-state index contributed by atoms with van der Waals surface area (Å²) in [6.07, 6.45) is 1.20. The molecule has 1 saturated carbocycles. The number of nitrogens with zero attached hydrogens (tertiary/aromatic N) is 2. The van der Waals surface area contributed by atoms with Crippen LogP contribution in [0.25, 0.3) is 0 Å². The number of carbonyl (C=O) groups excluding carboxylic acids is 1. The Labute approximate surface area is 154 Å². The van der Waals surface area contributed by atoms with E-state index in [4.69, 9.17) is 0 Å². The Morgan fingerprint density at radius 2 is 1.85 bits per heavy atom. The van der Waals surface area contributed by atoms with Crippen molar-refractivity contribution in [3.05, 3.63) is 71.5 Å². The first-order chi connectivity index (χ1) is 12.6. The third-order valence-corrected chi connectivity index (χ3v) is 6.06. The summed E-state index contributed by atoms with van der Waals surface area (Å²) in [5.74, 6) is 1.91. The Balaban J connectivity index is 1.29. The fourth-order valence-electron chi connectivity index (χ4n) is 4.47. The van der Waals surface area contributed by atoms with Crippen LogP contribution in [0.4, 0.5) is 4.39 Å². The molecule has 2 aromatic carbocycles. The van der Waals surface area contributed by atoms with Crippen molar-refractivity contribution in [2.24, 2.45) is 11.8 Å². The maximum absolute atomic E-state index is 13.1. The average molecular weight is 352 g/mol. The molecule has 2 fully saturated rings. The zero-order valence-corrected chi connectivity index (χ0v) is 15.1. The van der Waals surface area contributed by atoms with Gasteiger partial charge in [-0.1, -0.05) is 30.3 Å². The SMILES string of the molecule is CN(CCN1CC2CC(c3ccc(F)cc3)C2C1)C(=O)c1ccccc1. The number of carbonyl (C=O) groups is 1. The quantitative estimate of drug-likeness (QED) is 0.820. The number of halogens is 1. The van der Waals surface area contributed by atoms with Crippen LogP contribution < -0.4 is 0 Å². The lowest BCUT2D eigenvalue weighted by Gasteiger charge is -2.40. The van der Waals surface area contributed by atoms with Gasteiger partial charge in [-0.05, 0) is 54.0 Å². The summed E-state index contributed by atoms with van der Waals surface area (Å²) in [5, 5.41) is 0. The summed E-state index contributed by atoms with van der Waals surface area (Å²) < 4.78 is 13.1. The molecule has 1 saturated heterocycles. The number of hydrogen-bond acceptors (Lipinski definition) is 2. The number of likely N-dealkylation sites (tertiary alicyclic amines) is 1. The molecule has 1 heterocycles. The van der Waals surface area contributed by atoms with E-state index < -0.39 is 0 Å². The first kappa shape index (κ1) is 17.2. The van der Waals surface area contributed by atoms with Gasteiger partial charge in [-0.2, -0.15) is 0 Å².